The summed E-state index contributed by atoms with van der Waals surface area (Å²) in [5.74, 6) is 1.99. The molecule has 0 aromatic carbocycles. The summed E-state index contributed by atoms with van der Waals surface area (Å²) in [4.78, 5) is 0. The largest absolute Gasteiger partial charge is 0.380 e. The van der Waals surface area contributed by atoms with E-state index in [0.29, 0.717) is 6.10 Å². The molecule has 4 atom stereocenters. The molecule has 0 spiro atoms. The quantitative estimate of drug-likeness (QED) is 0.794. The molecule has 0 aromatic heterocycles. The van der Waals surface area contributed by atoms with Crippen LogP contribution in [0.25, 0.3) is 0 Å². The molecule has 0 aliphatic heterocycles. The predicted octanol–water partition coefficient (Wildman–Crippen LogP) is 2.83. The van der Waals surface area contributed by atoms with Crippen molar-refractivity contribution in [2.45, 2.75) is 58.6 Å². The molecule has 0 radical (unpaired) electrons. The topological polar surface area (TPSA) is 21.3 Å². The number of hydrogen-bond acceptors (Lipinski definition) is 2. The minimum atomic E-state index is 0.235. The van der Waals surface area contributed by atoms with Crippen LogP contribution in [0.5, 0.6) is 0 Å². The van der Waals surface area contributed by atoms with Crippen LogP contribution in [0, 0.1) is 17.3 Å². The van der Waals surface area contributed by atoms with Crippen molar-refractivity contribution >= 4 is 0 Å². The van der Waals surface area contributed by atoms with E-state index in [4.69, 9.17) is 4.74 Å². The Morgan fingerprint density at radius 2 is 2.00 bits per heavy atom. The van der Waals surface area contributed by atoms with Gasteiger partial charge in [0.25, 0.3) is 0 Å². The summed E-state index contributed by atoms with van der Waals surface area (Å²) in [7, 11) is 1.83. The summed E-state index contributed by atoms with van der Waals surface area (Å²) in [5, 5.41) is 3.75. The second-order valence-electron chi connectivity index (χ2n) is 6.78. The molecule has 2 fully saturated rings. The van der Waals surface area contributed by atoms with Gasteiger partial charge in [-0.05, 0) is 36.5 Å². The highest BCUT2D eigenvalue weighted by molar-refractivity contribution is 4.94. The fourth-order valence-corrected chi connectivity index (χ4v) is 3.50. The predicted molar refractivity (Wildman–Crippen MR) is 67.5 cm³/mol. The molecule has 0 saturated heterocycles. The third-order valence-corrected chi connectivity index (χ3v) is 4.55. The van der Waals surface area contributed by atoms with Crippen molar-refractivity contribution in [2.75, 3.05) is 13.7 Å². The third kappa shape index (κ3) is 2.60. The lowest BCUT2D eigenvalue weighted by molar-refractivity contribution is 0.0144. The highest BCUT2D eigenvalue weighted by Crippen LogP contribution is 2.44. The first-order valence-electron chi connectivity index (χ1n) is 6.77. The van der Waals surface area contributed by atoms with Crippen molar-refractivity contribution in [3.63, 3.8) is 0 Å². The van der Waals surface area contributed by atoms with Crippen molar-refractivity contribution in [2.24, 2.45) is 17.3 Å². The Bertz CT molecular complexity index is 233. The van der Waals surface area contributed by atoms with Gasteiger partial charge in [0.1, 0.15) is 0 Å². The third-order valence-electron chi connectivity index (χ3n) is 4.55. The molecule has 16 heavy (non-hydrogen) atoms. The monoisotopic (exact) mass is 225 g/mol. The Kier molecular flexibility index (Phi) is 3.60. The maximum absolute atomic E-state index is 5.59. The molecule has 1 N–H and O–H groups in total. The van der Waals surface area contributed by atoms with E-state index in [1.165, 1.54) is 25.7 Å². The smallest absolute Gasteiger partial charge is 0.0743 e. The highest BCUT2D eigenvalue weighted by atomic mass is 16.5. The van der Waals surface area contributed by atoms with Gasteiger partial charge < -0.3 is 10.1 Å². The van der Waals surface area contributed by atoms with E-state index >= 15 is 0 Å². The van der Waals surface area contributed by atoms with Crippen molar-refractivity contribution in [3.05, 3.63) is 0 Å². The molecule has 2 aliphatic rings. The average molecular weight is 225 g/mol. The molecule has 0 aromatic rings. The van der Waals surface area contributed by atoms with E-state index in [1.54, 1.807) is 0 Å². The van der Waals surface area contributed by atoms with Crippen molar-refractivity contribution in [3.8, 4) is 0 Å². The van der Waals surface area contributed by atoms with Crippen LogP contribution in [0.15, 0.2) is 0 Å². The van der Waals surface area contributed by atoms with Crippen LogP contribution < -0.4 is 5.32 Å². The van der Waals surface area contributed by atoms with Gasteiger partial charge in [-0.25, -0.2) is 0 Å². The van der Waals surface area contributed by atoms with E-state index in [0.717, 1.165) is 24.4 Å². The lowest BCUT2D eigenvalue weighted by atomic mass is 9.88. The van der Waals surface area contributed by atoms with Crippen LogP contribution in [-0.4, -0.2) is 25.8 Å². The number of hydrogen-bond donors (Lipinski definition) is 1. The Labute approximate surface area is 100 Å². The first kappa shape index (κ1) is 12.4. The van der Waals surface area contributed by atoms with Gasteiger partial charge in [-0.2, -0.15) is 0 Å². The van der Waals surface area contributed by atoms with Crippen LogP contribution in [0.1, 0.15) is 46.5 Å². The van der Waals surface area contributed by atoms with Crippen LogP contribution in [0.2, 0.25) is 0 Å². The van der Waals surface area contributed by atoms with Crippen LogP contribution >= 0.6 is 0 Å². The van der Waals surface area contributed by atoms with Gasteiger partial charge >= 0.3 is 0 Å². The van der Waals surface area contributed by atoms with E-state index < -0.39 is 0 Å². The van der Waals surface area contributed by atoms with E-state index in [2.05, 4.69) is 26.1 Å². The fraction of sp³-hybridized carbons (Fsp3) is 1.00. The second-order valence-corrected chi connectivity index (χ2v) is 6.78. The maximum atomic E-state index is 5.59. The van der Waals surface area contributed by atoms with Gasteiger partial charge in [-0.1, -0.05) is 27.2 Å². The van der Waals surface area contributed by atoms with Crippen molar-refractivity contribution in [1.82, 2.24) is 5.32 Å². The summed E-state index contributed by atoms with van der Waals surface area (Å²) < 4.78 is 5.59. The number of nitrogens with one attached hydrogen (secondary N) is 1. The number of rotatable bonds is 4. The van der Waals surface area contributed by atoms with E-state index in [-0.39, 0.29) is 5.41 Å². The number of ether oxygens (including phenoxy) is 1. The molecule has 94 valence electrons. The Balaban J connectivity index is 1.78. The molecule has 2 saturated carbocycles. The van der Waals surface area contributed by atoms with Gasteiger partial charge in [-0.3, -0.25) is 0 Å². The normalized spacial score (nSPS) is 35.6. The van der Waals surface area contributed by atoms with E-state index in [9.17, 15) is 0 Å². The standard InChI is InChI=1S/C14H27NO/c1-14(2,3)13(16-4)9-15-12-8-10-5-6-11(12)7-10/h10-13,15H,5-9H2,1-4H3. The minimum Gasteiger partial charge on any atom is -0.380 e. The maximum Gasteiger partial charge on any atom is 0.0743 e. The van der Waals surface area contributed by atoms with Crippen molar-refractivity contribution in [1.29, 1.82) is 0 Å². The summed E-state index contributed by atoms with van der Waals surface area (Å²) in [5.41, 5.74) is 0.235. The zero-order valence-corrected chi connectivity index (χ0v) is 11.3. The van der Waals surface area contributed by atoms with Gasteiger partial charge in [0.15, 0.2) is 0 Å². The summed E-state index contributed by atoms with van der Waals surface area (Å²) in [6, 6.07) is 0.777. The van der Waals surface area contributed by atoms with Crippen LogP contribution in [-0.2, 0) is 4.74 Å². The first-order chi connectivity index (χ1) is 7.50. The molecule has 0 heterocycles. The summed E-state index contributed by atoms with van der Waals surface area (Å²) in [6.45, 7) is 7.77. The Morgan fingerprint density at radius 3 is 2.44 bits per heavy atom. The summed E-state index contributed by atoms with van der Waals surface area (Å²) in [6.07, 6.45) is 6.15. The molecule has 2 rings (SSSR count). The average Bonchev–Trinajstić information content (AvgIpc) is 2.77. The van der Waals surface area contributed by atoms with Crippen LogP contribution in [0.4, 0.5) is 0 Å². The fourth-order valence-electron chi connectivity index (χ4n) is 3.50. The zero-order valence-electron chi connectivity index (χ0n) is 11.3. The van der Waals surface area contributed by atoms with E-state index in [1.807, 2.05) is 7.11 Å². The molecule has 4 unspecified atom stereocenters. The second kappa shape index (κ2) is 4.66. The van der Waals surface area contributed by atoms with Gasteiger partial charge in [-0.15, -0.1) is 0 Å². The Morgan fingerprint density at radius 1 is 1.25 bits per heavy atom. The molecule has 0 amide bonds. The Hall–Kier alpha value is -0.0800. The van der Waals surface area contributed by atoms with Crippen LogP contribution in [0.3, 0.4) is 0 Å². The molecular weight excluding hydrogens is 198 g/mol. The molecule has 2 aliphatic carbocycles. The van der Waals surface area contributed by atoms with Gasteiger partial charge in [0, 0.05) is 19.7 Å². The summed E-state index contributed by atoms with van der Waals surface area (Å²) >= 11 is 0. The SMILES string of the molecule is COC(CNC1CC2CCC1C2)C(C)(C)C. The first-order valence-corrected chi connectivity index (χ1v) is 6.77. The van der Waals surface area contributed by atoms with Gasteiger partial charge in [0.05, 0.1) is 6.10 Å². The zero-order chi connectivity index (χ0) is 11.8. The molecular formula is C14H27NO. The van der Waals surface area contributed by atoms with Gasteiger partial charge in [0.2, 0.25) is 0 Å². The molecule has 2 heteroatoms. The van der Waals surface area contributed by atoms with Crippen molar-refractivity contribution < 1.29 is 4.74 Å². The number of methoxy groups -OCH3 is 1. The lowest BCUT2D eigenvalue weighted by Crippen LogP contribution is -2.44. The number of fused-ring (bicyclic) bond motifs is 2. The minimum absolute atomic E-state index is 0.235. The molecule has 2 nitrogen and oxygen atoms in total. The lowest BCUT2D eigenvalue weighted by Gasteiger charge is -2.32. The highest BCUT2D eigenvalue weighted by Gasteiger charge is 2.39. The molecule has 2 bridgehead atoms.